The highest BCUT2D eigenvalue weighted by Gasteiger charge is 2.47. The van der Waals surface area contributed by atoms with Gasteiger partial charge in [-0.15, -0.1) is 11.3 Å². The van der Waals surface area contributed by atoms with Gasteiger partial charge in [0.15, 0.2) is 0 Å². The molecule has 0 atom stereocenters. The van der Waals surface area contributed by atoms with Gasteiger partial charge in [-0.2, -0.15) is 0 Å². The Labute approximate surface area is 209 Å². The van der Waals surface area contributed by atoms with Crippen LogP contribution in [0.5, 0.6) is 0 Å². The number of benzene rings is 1. The molecular weight excluding hydrogens is 463 g/mol. The fourth-order valence-electron chi connectivity index (χ4n) is 6.24. The monoisotopic (exact) mass is 494 g/mol. The van der Waals surface area contributed by atoms with Crippen LogP contribution in [0.2, 0.25) is 0 Å². The fraction of sp³-hybridized carbons (Fsp3) is 0.500. The Morgan fingerprint density at radius 3 is 2.63 bits per heavy atom. The summed E-state index contributed by atoms with van der Waals surface area (Å²) in [5.41, 5.74) is 2.74. The number of hydrogen-bond acceptors (Lipinski definition) is 6. The average molecular weight is 495 g/mol. The maximum atomic E-state index is 14.3. The summed E-state index contributed by atoms with van der Waals surface area (Å²) in [7, 11) is 3.55. The molecular formula is C26H31FN6OS. The number of nitrogens with zero attached hydrogens (tertiary/aromatic N) is 6. The predicted octanol–water partition coefficient (Wildman–Crippen LogP) is 4.33. The SMILES string of the molecule is CN(C)C(=O)N1CC2(CCN(C3CCN(c4ncnc5ccsc45)CC3)CC2)c2cc(F)ccc21. The van der Waals surface area contributed by atoms with Crippen molar-refractivity contribution in [3.8, 4) is 0 Å². The van der Waals surface area contributed by atoms with Gasteiger partial charge in [0.1, 0.15) is 18.0 Å². The van der Waals surface area contributed by atoms with E-state index in [9.17, 15) is 9.18 Å². The topological polar surface area (TPSA) is 55.8 Å². The first-order valence-corrected chi connectivity index (χ1v) is 13.3. The quantitative estimate of drug-likeness (QED) is 0.531. The lowest BCUT2D eigenvalue weighted by Crippen LogP contribution is -2.52. The molecule has 6 rings (SSSR count). The second-order valence-electron chi connectivity index (χ2n) is 10.3. The van der Waals surface area contributed by atoms with Gasteiger partial charge in [0, 0.05) is 50.9 Å². The van der Waals surface area contributed by atoms with Gasteiger partial charge in [0.05, 0.1) is 10.2 Å². The fourth-order valence-corrected chi connectivity index (χ4v) is 7.10. The van der Waals surface area contributed by atoms with Crippen molar-refractivity contribution >= 4 is 39.1 Å². The number of thiophene rings is 1. The third kappa shape index (κ3) is 3.85. The Kier molecular flexibility index (Phi) is 5.64. The van der Waals surface area contributed by atoms with Gasteiger partial charge in [0.2, 0.25) is 0 Å². The van der Waals surface area contributed by atoms with Crippen LogP contribution in [0.15, 0.2) is 36.0 Å². The molecule has 3 aromatic rings. The Morgan fingerprint density at radius 1 is 1.11 bits per heavy atom. The number of piperidine rings is 2. The molecule has 7 nitrogen and oxygen atoms in total. The molecule has 35 heavy (non-hydrogen) atoms. The molecule has 1 aromatic carbocycles. The zero-order valence-corrected chi connectivity index (χ0v) is 21.1. The largest absolute Gasteiger partial charge is 0.355 e. The Morgan fingerprint density at radius 2 is 1.89 bits per heavy atom. The van der Waals surface area contributed by atoms with E-state index in [1.54, 1.807) is 48.8 Å². The normalized spacial score (nSPS) is 20.5. The number of urea groups is 1. The number of aromatic nitrogens is 2. The molecule has 0 saturated carbocycles. The molecule has 184 valence electrons. The first-order chi connectivity index (χ1) is 16.9. The summed E-state index contributed by atoms with van der Waals surface area (Å²) >= 11 is 1.71. The van der Waals surface area contributed by atoms with E-state index in [1.165, 1.54) is 10.8 Å². The zero-order chi connectivity index (χ0) is 24.2. The minimum atomic E-state index is -0.221. The van der Waals surface area contributed by atoms with Crippen molar-refractivity contribution in [2.24, 2.45) is 0 Å². The minimum Gasteiger partial charge on any atom is -0.355 e. The second kappa shape index (κ2) is 8.71. The molecule has 0 unspecified atom stereocenters. The van der Waals surface area contributed by atoms with Crippen molar-refractivity contribution in [1.29, 1.82) is 0 Å². The van der Waals surface area contributed by atoms with Crippen LogP contribution in [0, 0.1) is 5.82 Å². The molecule has 0 bridgehead atoms. The second-order valence-corrected chi connectivity index (χ2v) is 11.2. The maximum Gasteiger partial charge on any atom is 0.323 e. The van der Waals surface area contributed by atoms with Gasteiger partial charge >= 0.3 is 6.03 Å². The van der Waals surface area contributed by atoms with Crippen LogP contribution < -0.4 is 9.80 Å². The van der Waals surface area contributed by atoms with Gasteiger partial charge in [-0.05, 0) is 74.0 Å². The van der Waals surface area contributed by atoms with E-state index in [0.29, 0.717) is 12.6 Å². The van der Waals surface area contributed by atoms with Gasteiger partial charge in [-0.25, -0.2) is 19.2 Å². The molecule has 2 amide bonds. The van der Waals surface area contributed by atoms with Crippen LogP contribution >= 0.6 is 11.3 Å². The Hall–Kier alpha value is -2.78. The van der Waals surface area contributed by atoms with Crippen LogP contribution in [-0.4, -0.2) is 78.7 Å². The number of halogens is 1. The lowest BCUT2D eigenvalue weighted by molar-refractivity contribution is 0.104. The van der Waals surface area contributed by atoms with E-state index in [-0.39, 0.29) is 17.3 Å². The molecule has 0 N–H and O–H groups in total. The third-order valence-corrected chi connectivity index (χ3v) is 9.05. The number of fused-ring (bicyclic) bond motifs is 3. The standard InChI is InChI=1S/C26H31FN6OS/c1-30(2)25(34)33-16-26(20-15-18(27)3-4-22(20)33)8-12-31(13-9-26)19-5-10-32(11-6-19)24-23-21(7-14-35-23)28-17-29-24/h3-4,7,14-15,17,19H,5-6,8-13,16H2,1-2H3. The first-order valence-electron chi connectivity index (χ1n) is 12.4. The van der Waals surface area contributed by atoms with Crippen molar-refractivity contribution in [3.63, 3.8) is 0 Å². The van der Waals surface area contributed by atoms with E-state index >= 15 is 0 Å². The number of hydrogen-bond donors (Lipinski definition) is 0. The van der Waals surface area contributed by atoms with E-state index in [2.05, 4.69) is 31.2 Å². The summed E-state index contributed by atoms with van der Waals surface area (Å²) in [5, 5.41) is 2.08. The summed E-state index contributed by atoms with van der Waals surface area (Å²) < 4.78 is 15.4. The molecule has 1 spiro atoms. The van der Waals surface area contributed by atoms with E-state index in [1.807, 2.05) is 4.90 Å². The summed E-state index contributed by atoms with van der Waals surface area (Å²) in [6.07, 6.45) is 5.79. The Bertz CT molecular complexity index is 1250. The van der Waals surface area contributed by atoms with Gasteiger partial charge < -0.3 is 14.7 Å². The number of rotatable bonds is 2. The number of anilines is 2. The zero-order valence-electron chi connectivity index (χ0n) is 20.3. The highest BCUT2D eigenvalue weighted by Crippen LogP contribution is 2.48. The summed E-state index contributed by atoms with van der Waals surface area (Å²) in [6.45, 7) is 4.59. The van der Waals surface area contributed by atoms with Crippen molar-refractivity contribution in [2.45, 2.75) is 37.1 Å². The highest BCUT2D eigenvalue weighted by atomic mass is 32.1. The van der Waals surface area contributed by atoms with Crippen molar-refractivity contribution in [3.05, 3.63) is 47.4 Å². The number of likely N-dealkylation sites (tertiary alicyclic amines) is 1. The number of amides is 2. The molecule has 0 radical (unpaired) electrons. The average Bonchev–Trinajstić information content (AvgIpc) is 3.47. The molecule has 2 saturated heterocycles. The highest BCUT2D eigenvalue weighted by molar-refractivity contribution is 7.17. The number of carbonyl (C=O) groups is 1. The van der Waals surface area contributed by atoms with E-state index in [0.717, 1.165) is 74.4 Å². The summed E-state index contributed by atoms with van der Waals surface area (Å²) in [5.74, 6) is 0.845. The van der Waals surface area contributed by atoms with Crippen LogP contribution in [0.25, 0.3) is 10.2 Å². The molecule has 0 aliphatic carbocycles. The van der Waals surface area contributed by atoms with Crippen LogP contribution in [0.3, 0.4) is 0 Å². The van der Waals surface area contributed by atoms with Crippen molar-refractivity contribution in [1.82, 2.24) is 19.8 Å². The van der Waals surface area contributed by atoms with Gasteiger partial charge in [0.25, 0.3) is 0 Å². The van der Waals surface area contributed by atoms with Crippen molar-refractivity contribution < 1.29 is 9.18 Å². The lowest BCUT2D eigenvalue weighted by atomic mass is 9.74. The minimum absolute atomic E-state index is 0.0332. The molecule has 5 heterocycles. The third-order valence-electron chi connectivity index (χ3n) is 8.15. The van der Waals surface area contributed by atoms with Crippen LogP contribution in [0.1, 0.15) is 31.2 Å². The molecule has 2 aromatic heterocycles. The van der Waals surface area contributed by atoms with E-state index < -0.39 is 0 Å². The molecule has 9 heteroatoms. The Balaban J connectivity index is 1.14. The lowest BCUT2D eigenvalue weighted by Gasteiger charge is -2.45. The van der Waals surface area contributed by atoms with E-state index in [4.69, 9.17) is 0 Å². The smallest absolute Gasteiger partial charge is 0.323 e. The van der Waals surface area contributed by atoms with Crippen LogP contribution in [0.4, 0.5) is 20.7 Å². The van der Waals surface area contributed by atoms with Crippen molar-refractivity contribution in [2.75, 3.05) is 56.6 Å². The molecule has 3 aliphatic rings. The molecule has 2 fully saturated rings. The summed E-state index contributed by atoms with van der Waals surface area (Å²) in [6, 6.07) is 7.49. The number of carbonyl (C=O) groups excluding carboxylic acids is 1. The first kappa shape index (κ1) is 22.7. The maximum absolute atomic E-state index is 14.3. The molecule has 3 aliphatic heterocycles. The van der Waals surface area contributed by atoms with Crippen LogP contribution in [-0.2, 0) is 5.41 Å². The van der Waals surface area contributed by atoms with Gasteiger partial charge in [-0.3, -0.25) is 4.90 Å². The predicted molar refractivity (Wildman–Crippen MR) is 138 cm³/mol. The van der Waals surface area contributed by atoms with Gasteiger partial charge in [-0.1, -0.05) is 0 Å². The summed E-state index contributed by atoms with van der Waals surface area (Å²) in [4.78, 5) is 30.3.